The monoisotopic (exact) mass is 396 g/mol. The summed E-state index contributed by atoms with van der Waals surface area (Å²) in [5.41, 5.74) is 1.15. The Labute approximate surface area is 171 Å². The summed E-state index contributed by atoms with van der Waals surface area (Å²) in [5.74, 6) is 1.23. The van der Waals surface area contributed by atoms with E-state index in [4.69, 9.17) is 9.15 Å². The average molecular weight is 396 g/mol. The van der Waals surface area contributed by atoms with Crippen molar-refractivity contribution in [3.05, 3.63) is 54.0 Å². The van der Waals surface area contributed by atoms with Crippen LogP contribution in [0.5, 0.6) is 0 Å². The Morgan fingerprint density at radius 2 is 1.83 bits per heavy atom. The number of piperidine rings is 1. The maximum atomic E-state index is 13.3. The fourth-order valence-electron chi connectivity index (χ4n) is 4.50. The van der Waals surface area contributed by atoms with Gasteiger partial charge in [0, 0.05) is 33.4 Å². The van der Waals surface area contributed by atoms with Crippen LogP contribution in [0.1, 0.15) is 46.6 Å². The number of carbonyl (C=O) groups excluding carboxylic acids is 2. The van der Waals surface area contributed by atoms with Crippen LogP contribution >= 0.6 is 0 Å². The number of benzene rings is 1. The van der Waals surface area contributed by atoms with Gasteiger partial charge in [0.1, 0.15) is 0 Å². The van der Waals surface area contributed by atoms with Gasteiger partial charge in [-0.2, -0.15) is 0 Å². The van der Waals surface area contributed by atoms with Crippen molar-refractivity contribution in [2.24, 2.45) is 11.8 Å². The summed E-state index contributed by atoms with van der Waals surface area (Å²) >= 11 is 0. The molecule has 2 amide bonds. The van der Waals surface area contributed by atoms with Gasteiger partial charge in [-0.3, -0.25) is 9.59 Å². The Morgan fingerprint density at radius 1 is 1.03 bits per heavy atom. The van der Waals surface area contributed by atoms with Gasteiger partial charge in [0.25, 0.3) is 11.8 Å². The molecule has 1 atom stereocenters. The molecule has 4 rings (SSSR count). The quantitative estimate of drug-likeness (QED) is 0.788. The number of amides is 2. The molecule has 154 valence electrons. The average Bonchev–Trinajstić information content (AvgIpc) is 3.33. The molecule has 3 heterocycles. The normalized spacial score (nSPS) is 20.4. The van der Waals surface area contributed by atoms with E-state index in [1.807, 2.05) is 17.0 Å². The number of hydrogen-bond donors (Lipinski definition) is 0. The molecule has 0 radical (unpaired) electrons. The van der Waals surface area contributed by atoms with E-state index in [0.717, 1.165) is 45.6 Å². The van der Waals surface area contributed by atoms with E-state index in [-0.39, 0.29) is 17.6 Å². The standard InChI is InChI=1S/C23H28N2O4/c1-24(23(27)21-9-5-15-29-21)20-8-3-2-7-19(20)22(26)25-12-10-17(11-13-25)18-6-4-14-28-16-18/h2-3,5,7-9,15,17-18H,4,6,10-14,16H2,1H3. The molecule has 0 spiro atoms. The summed E-state index contributed by atoms with van der Waals surface area (Å²) in [7, 11) is 1.67. The molecule has 2 fully saturated rings. The Balaban J connectivity index is 1.45. The second-order valence-corrected chi connectivity index (χ2v) is 7.97. The van der Waals surface area contributed by atoms with Gasteiger partial charge in [0.05, 0.1) is 17.5 Å². The number of anilines is 1. The Hall–Kier alpha value is -2.60. The predicted molar refractivity (Wildman–Crippen MR) is 110 cm³/mol. The smallest absolute Gasteiger partial charge is 0.293 e. The first-order chi connectivity index (χ1) is 14.1. The number of rotatable bonds is 4. The Bertz CT molecular complexity index is 834. The van der Waals surface area contributed by atoms with Crippen molar-refractivity contribution in [3.63, 3.8) is 0 Å². The number of para-hydroxylation sites is 1. The van der Waals surface area contributed by atoms with E-state index >= 15 is 0 Å². The number of nitrogens with zero attached hydrogens (tertiary/aromatic N) is 2. The molecule has 2 aromatic rings. The zero-order chi connectivity index (χ0) is 20.2. The molecule has 0 bridgehead atoms. The molecular formula is C23H28N2O4. The Morgan fingerprint density at radius 3 is 2.52 bits per heavy atom. The van der Waals surface area contributed by atoms with Crippen molar-refractivity contribution in [1.29, 1.82) is 0 Å². The van der Waals surface area contributed by atoms with E-state index in [1.165, 1.54) is 17.6 Å². The topological polar surface area (TPSA) is 63.0 Å². The molecular weight excluding hydrogens is 368 g/mol. The fraction of sp³-hybridized carbons (Fsp3) is 0.478. The SMILES string of the molecule is CN(C(=O)c1ccco1)c1ccccc1C(=O)N1CCC(C2CCCOC2)CC1. The molecule has 0 N–H and O–H groups in total. The van der Waals surface area contributed by atoms with Crippen LogP contribution in [-0.4, -0.2) is 50.1 Å². The van der Waals surface area contributed by atoms with Crippen molar-refractivity contribution < 1.29 is 18.7 Å². The summed E-state index contributed by atoms with van der Waals surface area (Å²) in [5, 5.41) is 0. The lowest BCUT2D eigenvalue weighted by molar-refractivity contribution is 0.0140. The van der Waals surface area contributed by atoms with Crippen LogP contribution in [0.3, 0.4) is 0 Å². The lowest BCUT2D eigenvalue weighted by atomic mass is 9.81. The van der Waals surface area contributed by atoms with Gasteiger partial charge in [-0.05, 0) is 61.8 Å². The minimum absolute atomic E-state index is 0.0157. The Kier molecular flexibility index (Phi) is 6.00. The maximum absolute atomic E-state index is 13.3. The molecule has 6 nitrogen and oxygen atoms in total. The number of carbonyl (C=O) groups is 2. The molecule has 29 heavy (non-hydrogen) atoms. The van der Waals surface area contributed by atoms with E-state index in [1.54, 1.807) is 31.3 Å². The van der Waals surface area contributed by atoms with Crippen molar-refractivity contribution in [2.75, 3.05) is 38.3 Å². The van der Waals surface area contributed by atoms with Crippen LogP contribution in [0.4, 0.5) is 5.69 Å². The number of furan rings is 1. The zero-order valence-corrected chi connectivity index (χ0v) is 16.9. The summed E-state index contributed by atoms with van der Waals surface area (Å²) < 4.78 is 10.9. The van der Waals surface area contributed by atoms with Crippen LogP contribution in [0, 0.1) is 11.8 Å². The highest BCUT2D eigenvalue weighted by molar-refractivity contribution is 6.09. The van der Waals surface area contributed by atoms with Gasteiger partial charge in [-0.15, -0.1) is 0 Å². The van der Waals surface area contributed by atoms with Gasteiger partial charge in [-0.25, -0.2) is 0 Å². The first kappa shape index (κ1) is 19.7. The van der Waals surface area contributed by atoms with Crippen LogP contribution < -0.4 is 4.90 Å². The van der Waals surface area contributed by atoms with Crippen LogP contribution in [-0.2, 0) is 4.74 Å². The lowest BCUT2D eigenvalue weighted by Crippen LogP contribution is -2.42. The minimum Gasteiger partial charge on any atom is -0.459 e. The first-order valence-corrected chi connectivity index (χ1v) is 10.4. The second kappa shape index (κ2) is 8.82. The predicted octanol–water partition coefficient (Wildman–Crippen LogP) is 3.84. The summed E-state index contributed by atoms with van der Waals surface area (Å²) in [4.78, 5) is 29.3. The number of hydrogen-bond acceptors (Lipinski definition) is 4. The minimum atomic E-state index is -0.272. The molecule has 1 unspecified atom stereocenters. The van der Waals surface area contributed by atoms with E-state index in [0.29, 0.717) is 23.1 Å². The van der Waals surface area contributed by atoms with Crippen molar-refractivity contribution in [3.8, 4) is 0 Å². The van der Waals surface area contributed by atoms with Gasteiger partial charge >= 0.3 is 0 Å². The van der Waals surface area contributed by atoms with Gasteiger partial charge in [0.15, 0.2) is 5.76 Å². The van der Waals surface area contributed by atoms with Crippen LogP contribution in [0.25, 0.3) is 0 Å². The highest BCUT2D eigenvalue weighted by Gasteiger charge is 2.31. The van der Waals surface area contributed by atoms with Crippen molar-refractivity contribution in [1.82, 2.24) is 4.90 Å². The third kappa shape index (κ3) is 4.22. The number of ether oxygens (including phenoxy) is 1. The third-order valence-electron chi connectivity index (χ3n) is 6.22. The van der Waals surface area contributed by atoms with E-state index in [2.05, 4.69) is 0 Å². The number of likely N-dealkylation sites (tertiary alicyclic amines) is 1. The lowest BCUT2D eigenvalue weighted by Gasteiger charge is -2.37. The summed E-state index contributed by atoms with van der Waals surface area (Å²) in [6.07, 6.45) is 5.89. The first-order valence-electron chi connectivity index (χ1n) is 10.4. The van der Waals surface area contributed by atoms with Gasteiger partial charge in [0.2, 0.25) is 0 Å². The highest BCUT2D eigenvalue weighted by Crippen LogP contribution is 2.32. The molecule has 1 aromatic heterocycles. The van der Waals surface area contributed by atoms with Crippen LogP contribution in [0.15, 0.2) is 47.1 Å². The molecule has 2 saturated heterocycles. The largest absolute Gasteiger partial charge is 0.459 e. The zero-order valence-electron chi connectivity index (χ0n) is 16.9. The van der Waals surface area contributed by atoms with Gasteiger partial charge < -0.3 is 19.0 Å². The van der Waals surface area contributed by atoms with E-state index < -0.39 is 0 Å². The maximum Gasteiger partial charge on any atom is 0.293 e. The molecule has 1 aromatic carbocycles. The second-order valence-electron chi connectivity index (χ2n) is 7.97. The molecule has 2 aliphatic rings. The van der Waals surface area contributed by atoms with Gasteiger partial charge in [-0.1, -0.05) is 12.1 Å². The van der Waals surface area contributed by atoms with E-state index in [9.17, 15) is 9.59 Å². The fourth-order valence-corrected chi connectivity index (χ4v) is 4.50. The highest BCUT2D eigenvalue weighted by atomic mass is 16.5. The molecule has 0 aliphatic carbocycles. The molecule has 0 saturated carbocycles. The molecule has 6 heteroatoms. The third-order valence-corrected chi connectivity index (χ3v) is 6.22. The van der Waals surface area contributed by atoms with Crippen LogP contribution in [0.2, 0.25) is 0 Å². The summed E-state index contributed by atoms with van der Waals surface area (Å²) in [6, 6.07) is 10.6. The van der Waals surface area contributed by atoms with Crippen molar-refractivity contribution >= 4 is 17.5 Å². The van der Waals surface area contributed by atoms with Crippen molar-refractivity contribution in [2.45, 2.75) is 25.7 Å². The summed E-state index contributed by atoms with van der Waals surface area (Å²) in [6.45, 7) is 3.25. The molecule has 2 aliphatic heterocycles.